The molecule has 0 saturated heterocycles. The van der Waals surface area contributed by atoms with E-state index in [1.165, 1.54) is 21.3 Å². The molecule has 0 bridgehead atoms. The van der Waals surface area contributed by atoms with Crippen molar-refractivity contribution in [1.29, 1.82) is 0 Å². The van der Waals surface area contributed by atoms with Crippen LogP contribution in [0.1, 0.15) is 41.5 Å². The maximum Gasteiger partial charge on any atom is 0.245 e. The first-order valence-electron chi connectivity index (χ1n) is 11.5. The minimum absolute atomic E-state index is 0.00697. The number of carbonyl (C=O) groups excluding carboxylic acids is 1. The lowest BCUT2D eigenvalue weighted by Crippen LogP contribution is -2.47. The monoisotopic (exact) mass is 550 g/mol. The van der Waals surface area contributed by atoms with E-state index in [4.69, 9.17) is 23.2 Å². The summed E-state index contributed by atoms with van der Waals surface area (Å²) in [5.41, 5.74) is 3.25. The fourth-order valence-electron chi connectivity index (χ4n) is 4.52. The molecule has 1 aromatic heterocycles. The number of hydrogen-bond donors (Lipinski definition) is 0. The molecule has 1 aliphatic rings. The molecule has 0 saturated carbocycles. The van der Waals surface area contributed by atoms with Crippen molar-refractivity contribution in [3.8, 4) is 0 Å². The molecule has 3 aromatic rings. The van der Waals surface area contributed by atoms with Gasteiger partial charge in [0.05, 0.1) is 17.6 Å². The number of benzene rings is 2. The van der Waals surface area contributed by atoms with Crippen LogP contribution in [0.15, 0.2) is 58.8 Å². The Balaban J connectivity index is 1.71. The lowest BCUT2D eigenvalue weighted by Gasteiger charge is -2.38. The van der Waals surface area contributed by atoms with Crippen LogP contribution in [-0.2, 0) is 21.2 Å². The van der Waals surface area contributed by atoms with Gasteiger partial charge in [-0.25, -0.2) is 8.42 Å². The van der Waals surface area contributed by atoms with Gasteiger partial charge < -0.3 is 4.90 Å². The summed E-state index contributed by atoms with van der Waals surface area (Å²) in [5.74, 6) is -0.231. The van der Waals surface area contributed by atoms with Crippen molar-refractivity contribution in [2.45, 2.75) is 38.1 Å². The number of thiophene rings is 1. The van der Waals surface area contributed by atoms with E-state index < -0.39 is 10.0 Å². The zero-order chi connectivity index (χ0) is 25.3. The Morgan fingerprint density at radius 2 is 1.89 bits per heavy atom. The highest BCUT2D eigenvalue weighted by molar-refractivity contribution is 7.89. The third kappa shape index (κ3) is 5.44. The summed E-state index contributed by atoms with van der Waals surface area (Å²) >= 11 is 14.0. The standard InChI is InChI=1S/C26H28Cl2N2O3S2/c1-17(2)15-29(35(32,33)24-14-19(27)8-9-22(24)28)16-25(31)30-12-10-23-21(11-13-34-23)26(30)20-7-5-4-6-18(20)3/h4-9,11,13-14,17,26H,10,12,15-16H2,1-3H3. The van der Waals surface area contributed by atoms with Crippen LogP contribution in [0.2, 0.25) is 10.0 Å². The molecular weight excluding hydrogens is 523 g/mol. The molecule has 0 N–H and O–H groups in total. The number of sulfonamides is 1. The average Bonchev–Trinajstić information content (AvgIpc) is 3.28. The summed E-state index contributed by atoms with van der Waals surface area (Å²) in [6.07, 6.45) is 0.748. The van der Waals surface area contributed by atoms with Crippen molar-refractivity contribution in [1.82, 2.24) is 9.21 Å². The fraction of sp³-hybridized carbons (Fsp3) is 0.346. The highest BCUT2D eigenvalue weighted by atomic mass is 35.5. The second-order valence-corrected chi connectivity index (χ2v) is 12.9. The van der Waals surface area contributed by atoms with Gasteiger partial charge in [0.1, 0.15) is 4.90 Å². The lowest BCUT2D eigenvalue weighted by atomic mass is 9.90. The maximum atomic E-state index is 13.8. The van der Waals surface area contributed by atoms with Crippen molar-refractivity contribution in [3.05, 3.63) is 85.5 Å². The molecule has 35 heavy (non-hydrogen) atoms. The van der Waals surface area contributed by atoms with Crippen molar-refractivity contribution < 1.29 is 13.2 Å². The first kappa shape index (κ1) is 26.2. The van der Waals surface area contributed by atoms with E-state index in [1.807, 2.05) is 49.9 Å². The third-order valence-corrected chi connectivity index (χ3v) is 9.69. The molecule has 1 unspecified atom stereocenters. The van der Waals surface area contributed by atoms with Gasteiger partial charge in [0.2, 0.25) is 15.9 Å². The molecule has 1 aliphatic heterocycles. The molecule has 5 nitrogen and oxygen atoms in total. The Morgan fingerprint density at radius 3 is 2.60 bits per heavy atom. The Hall–Kier alpha value is -1.90. The summed E-state index contributed by atoms with van der Waals surface area (Å²) in [7, 11) is -4.05. The van der Waals surface area contributed by atoms with Crippen LogP contribution in [0, 0.1) is 12.8 Å². The van der Waals surface area contributed by atoms with E-state index in [2.05, 4.69) is 11.4 Å². The highest BCUT2D eigenvalue weighted by Crippen LogP contribution is 2.39. The topological polar surface area (TPSA) is 57.7 Å². The molecule has 0 radical (unpaired) electrons. The lowest BCUT2D eigenvalue weighted by molar-refractivity contribution is -0.133. The maximum absolute atomic E-state index is 13.8. The predicted octanol–water partition coefficient (Wildman–Crippen LogP) is 6.18. The van der Waals surface area contributed by atoms with Crippen molar-refractivity contribution in [3.63, 3.8) is 0 Å². The zero-order valence-corrected chi connectivity index (χ0v) is 23.0. The average molecular weight is 552 g/mol. The first-order valence-corrected chi connectivity index (χ1v) is 14.5. The number of aryl methyl sites for hydroxylation is 1. The quantitative estimate of drug-likeness (QED) is 0.352. The van der Waals surface area contributed by atoms with E-state index in [1.54, 1.807) is 17.4 Å². The Morgan fingerprint density at radius 1 is 1.14 bits per heavy atom. The van der Waals surface area contributed by atoms with Gasteiger partial charge in [-0.1, -0.05) is 61.3 Å². The molecule has 4 rings (SSSR count). The minimum atomic E-state index is -4.05. The van der Waals surface area contributed by atoms with Gasteiger partial charge in [0, 0.05) is 23.0 Å². The molecule has 9 heteroatoms. The summed E-state index contributed by atoms with van der Waals surface area (Å²) < 4.78 is 28.5. The molecule has 2 heterocycles. The van der Waals surface area contributed by atoms with Gasteiger partial charge in [-0.2, -0.15) is 4.31 Å². The minimum Gasteiger partial charge on any atom is -0.330 e. The largest absolute Gasteiger partial charge is 0.330 e. The van der Waals surface area contributed by atoms with E-state index in [0.717, 1.165) is 23.1 Å². The number of carbonyl (C=O) groups is 1. The van der Waals surface area contributed by atoms with Crippen LogP contribution < -0.4 is 0 Å². The molecule has 0 fully saturated rings. The van der Waals surface area contributed by atoms with Crippen LogP contribution in [0.3, 0.4) is 0 Å². The van der Waals surface area contributed by atoms with Crippen LogP contribution in [-0.4, -0.2) is 43.2 Å². The van der Waals surface area contributed by atoms with E-state index in [0.29, 0.717) is 6.54 Å². The van der Waals surface area contributed by atoms with E-state index in [-0.39, 0.29) is 45.9 Å². The molecule has 0 spiro atoms. The first-order chi connectivity index (χ1) is 16.6. The normalized spacial score (nSPS) is 16.1. The summed E-state index contributed by atoms with van der Waals surface area (Å²) in [5, 5.41) is 2.40. The number of hydrogen-bond acceptors (Lipinski definition) is 4. The number of amides is 1. The van der Waals surface area contributed by atoms with Gasteiger partial charge >= 0.3 is 0 Å². The highest BCUT2D eigenvalue weighted by Gasteiger charge is 2.36. The Kier molecular flexibility index (Phi) is 7.93. The summed E-state index contributed by atoms with van der Waals surface area (Å²) in [6, 6.07) is 14.2. The van der Waals surface area contributed by atoms with E-state index >= 15 is 0 Å². The zero-order valence-electron chi connectivity index (χ0n) is 19.9. The number of nitrogens with zero attached hydrogens (tertiary/aromatic N) is 2. The number of halogens is 2. The molecular formula is C26H28Cl2N2O3S2. The van der Waals surface area contributed by atoms with Crippen molar-refractivity contribution in [2.24, 2.45) is 5.92 Å². The van der Waals surface area contributed by atoms with Crippen molar-refractivity contribution in [2.75, 3.05) is 19.6 Å². The number of fused-ring (bicyclic) bond motifs is 1. The predicted molar refractivity (Wildman–Crippen MR) is 143 cm³/mol. The Labute approximate surface area is 221 Å². The van der Waals surface area contributed by atoms with Crippen LogP contribution in [0.25, 0.3) is 0 Å². The van der Waals surface area contributed by atoms with E-state index in [9.17, 15) is 13.2 Å². The smallest absolute Gasteiger partial charge is 0.245 e. The van der Waals surface area contributed by atoms with Crippen LogP contribution in [0.5, 0.6) is 0 Å². The SMILES string of the molecule is Cc1ccccc1C1c2ccsc2CCN1C(=O)CN(CC(C)C)S(=O)(=O)c1cc(Cl)ccc1Cl. The molecule has 0 aliphatic carbocycles. The van der Waals surface area contributed by atoms with Crippen molar-refractivity contribution >= 4 is 50.5 Å². The molecule has 1 atom stereocenters. The summed E-state index contributed by atoms with van der Waals surface area (Å²) in [6.45, 7) is 6.31. The molecule has 2 aromatic carbocycles. The third-order valence-electron chi connectivity index (χ3n) is 6.16. The Bertz CT molecular complexity index is 1340. The van der Waals surface area contributed by atoms with Gasteiger partial charge in [-0.05, 0) is 65.6 Å². The van der Waals surface area contributed by atoms with Gasteiger partial charge in [0.25, 0.3) is 0 Å². The second-order valence-electron chi connectivity index (χ2n) is 9.16. The fourth-order valence-corrected chi connectivity index (χ4v) is 7.72. The van der Waals surface area contributed by atoms with Gasteiger partial charge in [-0.3, -0.25) is 4.79 Å². The van der Waals surface area contributed by atoms with Gasteiger partial charge in [0.15, 0.2) is 0 Å². The number of rotatable bonds is 7. The van der Waals surface area contributed by atoms with Crippen LogP contribution >= 0.6 is 34.5 Å². The molecule has 1 amide bonds. The van der Waals surface area contributed by atoms with Gasteiger partial charge in [-0.15, -0.1) is 11.3 Å². The summed E-state index contributed by atoms with van der Waals surface area (Å²) in [4.78, 5) is 16.8. The van der Waals surface area contributed by atoms with Crippen LogP contribution in [0.4, 0.5) is 0 Å². The second kappa shape index (κ2) is 10.6. The molecule has 186 valence electrons.